The summed E-state index contributed by atoms with van der Waals surface area (Å²) in [5.74, 6) is 0. The Bertz CT molecular complexity index is 1740. The number of carbonyl (C=O) groups is 3. The Balaban J connectivity index is 1.47. The summed E-state index contributed by atoms with van der Waals surface area (Å²) >= 11 is 0. The third-order valence-corrected chi connectivity index (χ3v) is 11.6. The van der Waals surface area contributed by atoms with Gasteiger partial charge in [0.15, 0.2) is 0 Å². The number of hydrogen-bond donors (Lipinski definition) is 3. The lowest BCUT2D eigenvalue weighted by molar-refractivity contribution is -0.0402. The van der Waals surface area contributed by atoms with E-state index in [1.807, 2.05) is 62.3 Å². The van der Waals surface area contributed by atoms with Gasteiger partial charge in [0, 0.05) is 84.0 Å². The Hall–Kier alpha value is -3.90. The average Bonchev–Trinajstić information content (AvgIpc) is 4.07. The summed E-state index contributed by atoms with van der Waals surface area (Å²) in [4.78, 5) is 82.7. The van der Waals surface area contributed by atoms with Gasteiger partial charge < -0.3 is 34.9 Å². The lowest BCUT2D eigenvalue weighted by Gasteiger charge is -2.27. The van der Waals surface area contributed by atoms with Gasteiger partial charge in [0.05, 0.1) is 12.2 Å². The molecule has 65 heavy (non-hydrogen) atoms. The molecule has 0 saturated carbocycles. The topological polar surface area (TPSA) is 196 Å². The maximum Gasteiger partial charge on any atom is 0.407 e. The first kappa shape index (κ1) is 55.4. The first-order valence-electron chi connectivity index (χ1n) is 24.4. The Kier molecular flexibility index (Phi) is 22.1. The molecule has 18 nitrogen and oxygen atoms in total. The molecular weight excluding hydrogens is 837 g/mol. The van der Waals surface area contributed by atoms with Crippen LogP contribution in [-0.2, 0) is 38.6 Å². The predicted octanol–water partition coefficient (Wildman–Crippen LogP) is 5.98. The van der Waals surface area contributed by atoms with Crippen LogP contribution in [0.5, 0.6) is 0 Å². The van der Waals surface area contributed by atoms with Crippen LogP contribution >= 0.6 is 0 Å². The van der Waals surface area contributed by atoms with Crippen molar-refractivity contribution in [2.45, 2.75) is 214 Å². The van der Waals surface area contributed by atoms with Crippen LogP contribution in [0.1, 0.15) is 160 Å². The highest BCUT2D eigenvalue weighted by Crippen LogP contribution is 2.23. The Labute approximate surface area is 387 Å². The SMILES string of the molecule is CC1CN1CC(C)(C)OC(=O)NCCCCCCn1c(=O)n(CCCCCCNC(=O)OC(C)(C)CCOC(C)(C)C)c(=O)n(CCCCCCNC(=O)OC(C)(C)CN2CC2C)c1=O. The van der Waals surface area contributed by atoms with Crippen LogP contribution in [0.15, 0.2) is 14.4 Å². The summed E-state index contributed by atoms with van der Waals surface area (Å²) in [6, 6.07) is 1.05. The van der Waals surface area contributed by atoms with Gasteiger partial charge in [-0.1, -0.05) is 38.5 Å². The van der Waals surface area contributed by atoms with Crippen molar-refractivity contribution in [2.75, 3.05) is 52.4 Å². The van der Waals surface area contributed by atoms with Crippen molar-refractivity contribution >= 4 is 18.3 Å². The number of nitrogens with zero attached hydrogens (tertiary/aromatic N) is 5. The smallest absolute Gasteiger partial charge is 0.407 e. The molecule has 2 aliphatic rings. The lowest BCUT2D eigenvalue weighted by Crippen LogP contribution is -2.54. The quantitative estimate of drug-likeness (QED) is 0.0449. The molecule has 0 bridgehead atoms. The van der Waals surface area contributed by atoms with Crippen LogP contribution in [0.3, 0.4) is 0 Å². The van der Waals surface area contributed by atoms with Crippen LogP contribution in [0.4, 0.5) is 14.4 Å². The van der Waals surface area contributed by atoms with Crippen LogP contribution in [0.25, 0.3) is 0 Å². The Morgan fingerprint density at radius 2 is 0.785 bits per heavy atom. The normalized spacial score (nSPS) is 18.5. The summed E-state index contributed by atoms with van der Waals surface area (Å²) < 4.78 is 26.2. The van der Waals surface area contributed by atoms with E-state index >= 15 is 0 Å². The molecule has 0 spiro atoms. The van der Waals surface area contributed by atoms with Gasteiger partial charge in [0.2, 0.25) is 0 Å². The molecule has 1 aromatic heterocycles. The number of ether oxygens (including phenoxy) is 4. The second-order valence-electron chi connectivity index (χ2n) is 21.0. The maximum atomic E-state index is 13.7. The van der Waals surface area contributed by atoms with Gasteiger partial charge >= 0.3 is 35.3 Å². The van der Waals surface area contributed by atoms with Crippen molar-refractivity contribution in [2.24, 2.45) is 0 Å². The van der Waals surface area contributed by atoms with E-state index in [4.69, 9.17) is 18.9 Å². The van der Waals surface area contributed by atoms with Crippen LogP contribution in [-0.4, -0.2) is 129 Å². The van der Waals surface area contributed by atoms with Gasteiger partial charge in [-0.2, -0.15) is 0 Å². The molecule has 3 heterocycles. The number of carbonyl (C=O) groups excluding carboxylic acids is 3. The number of aromatic nitrogens is 3. The highest BCUT2D eigenvalue weighted by molar-refractivity contribution is 5.68. The second kappa shape index (κ2) is 25.9. The highest BCUT2D eigenvalue weighted by atomic mass is 16.6. The third kappa shape index (κ3) is 22.4. The molecule has 2 aliphatic heterocycles. The van der Waals surface area contributed by atoms with E-state index in [1.54, 1.807) is 0 Å². The van der Waals surface area contributed by atoms with E-state index in [0.717, 1.165) is 45.2 Å². The van der Waals surface area contributed by atoms with Crippen LogP contribution in [0, 0.1) is 0 Å². The van der Waals surface area contributed by atoms with E-state index in [-0.39, 0.29) is 25.2 Å². The molecule has 3 rings (SSSR count). The van der Waals surface area contributed by atoms with Crippen molar-refractivity contribution in [3.63, 3.8) is 0 Å². The van der Waals surface area contributed by atoms with Crippen molar-refractivity contribution < 1.29 is 33.3 Å². The minimum Gasteiger partial charge on any atom is -0.443 e. The predicted molar refractivity (Wildman–Crippen MR) is 253 cm³/mol. The Morgan fingerprint density at radius 1 is 0.492 bits per heavy atom. The molecular formula is C47H86N8O10. The molecule has 1 aromatic rings. The largest absolute Gasteiger partial charge is 0.443 e. The van der Waals surface area contributed by atoms with Crippen molar-refractivity contribution in [3.8, 4) is 0 Å². The second-order valence-corrected chi connectivity index (χ2v) is 21.0. The number of nitrogens with one attached hydrogen (secondary N) is 3. The molecule has 4 atom stereocenters. The molecule has 0 radical (unpaired) electrons. The van der Waals surface area contributed by atoms with Crippen molar-refractivity contribution in [3.05, 3.63) is 31.5 Å². The van der Waals surface area contributed by atoms with E-state index in [9.17, 15) is 28.8 Å². The summed E-state index contributed by atoms with van der Waals surface area (Å²) in [5.41, 5.74) is -3.93. The van der Waals surface area contributed by atoms with Gasteiger partial charge in [-0.3, -0.25) is 9.80 Å². The van der Waals surface area contributed by atoms with E-state index in [2.05, 4.69) is 39.6 Å². The maximum absolute atomic E-state index is 13.7. The molecule has 0 aliphatic carbocycles. The highest BCUT2D eigenvalue weighted by Gasteiger charge is 2.37. The van der Waals surface area contributed by atoms with E-state index in [0.29, 0.717) is 103 Å². The molecule has 2 saturated heterocycles. The van der Waals surface area contributed by atoms with Crippen LogP contribution < -0.4 is 33.0 Å². The fourth-order valence-corrected chi connectivity index (χ4v) is 7.66. The third-order valence-electron chi connectivity index (χ3n) is 11.6. The number of rotatable bonds is 31. The van der Waals surface area contributed by atoms with Gasteiger partial charge in [-0.15, -0.1) is 0 Å². The van der Waals surface area contributed by atoms with Gasteiger partial charge in [-0.05, 0) is 115 Å². The van der Waals surface area contributed by atoms with Gasteiger partial charge in [0.25, 0.3) is 0 Å². The number of amides is 3. The fourth-order valence-electron chi connectivity index (χ4n) is 7.66. The molecule has 2 fully saturated rings. The average molecular weight is 923 g/mol. The Morgan fingerprint density at radius 3 is 1.08 bits per heavy atom. The van der Waals surface area contributed by atoms with E-state index < -0.39 is 52.2 Å². The fraction of sp³-hybridized carbons (Fsp3) is 0.872. The summed E-state index contributed by atoms with van der Waals surface area (Å²) in [6.07, 6.45) is 7.45. The molecule has 18 heteroatoms. The lowest BCUT2D eigenvalue weighted by atomic mass is 10.1. The molecule has 374 valence electrons. The zero-order valence-corrected chi connectivity index (χ0v) is 41.9. The molecule has 3 amide bonds. The number of alkyl carbamates (subject to hydrolysis) is 3. The summed E-state index contributed by atoms with van der Waals surface area (Å²) in [5, 5.41) is 8.46. The first-order chi connectivity index (χ1) is 30.4. The first-order valence-corrected chi connectivity index (χ1v) is 24.4. The minimum absolute atomic E-state index is 0.170. The van der Waals surface area contributed by atoms with Crippen LogP contribution in [0.2, 0.25) is 0 Å². The van der Waals surface area contributed by atoms with E-state index in [1.165, 1.54) is 13.7 Å². The molecule has 3 N–H and O–H groups in total. The van der Waals surface area contributed by atoms with Crippen molar-refractivity contribution in [1.82, 2.24) is 39.5 Å². The zero-order valence-electron chi connectivity index (χ0n) is 41.9. The number of hydrogen-bond acceptors (Lipinski definition) is 12. The monoisotopic (exact) mass is 923 g/mol. The summed E-state index contributed by atoms with van der Waals surface area (Å²) in [6.45, 7) is 27.3. The van der Waals surface area contributed by atoms with Gasteiger partial charge in [0.1, 0.15) is 16.8 Å². The van der Waals surface area contributed by atoms with Crippen molar-refractivity contribution in [1.29, 1.82) is 0 Å². The molecule has 4 unspecified atom stereocenters. The minimum atomic E-state index is -0.677. The summed E-state index contributed by atoms with van der Waals surface area (Å²) in [7, 11) is 0. The zero-order chi connectivity index (χ0) is 48.4. The molecule has 0 aromatic carbocycles. The van der Waals surface area contributed by atoms with Gasteiger partial charge in [-0.25, -0.2) is 42.5 Å². The standard InChI is InChI=1S/C47H86N8O10/c1-36-32-51(36)34-46(8,9)64-39(57)49-26-19-13-16-22-29-54-41(59)53(28-21-15-12-18-25-48-38(56)63-45(6,7)24-31-62-44(3,4)5)42(60)55(43(54)61)30-23-17-14-20-27-50-40(58)65-47(10,11)35-52-33-37(52)2/h36-37H,12-35H2,1-11H3,(H,48,56)(H,49,57)(H,50,58). The number of unbranched alkanes of at least 4 members (excludes halogenated alkanes) is 9.